The molecule has 3 heteroatoms. The molecule has 7 aromatic rings. The second kappa shape index (κ2) is 9.87. The van der Waals surface area contributed by atoms with E-state index in [0.29, 0.717) is 0 Å². The van der Waals surface area contributed by atoms with Crippen LogP contribution in [0.2, 0.25) is 0 Å². The molecule has 3 aromatic heterocycles. The highest BCUT2D eigenvalue weighted by Crippen LogP contribution is 2.33. The van der Waals surface area contributed by atoms with E-state index in [0.717, 1.165) is 66.8 Å². The monoisotopic (exact) mass is 513 g/mol. The van der Waals surface area contributed by atoms with Crippen molar-refractivity contribution in [2.45, 2.75) is 13.8 Å². The minimum atomic E-state index is 0.945. The van der Waals surface area contributed by atoms with Crippen LogP contribution in [-0.2, 0) is 0 Å². The lowest BCUT2D eigenvalue weighted by Gasteiger charge is -2.12. The van der Waals surface area contributed by atoms with Crippen molar-refractivity contribution in [1.29, 1.82) is 0 Å². The maximum atomic E-state index is 5.11. The highest BCUT2D eigenvalue weighted by molar-refractivity contribution is 6.04. The van der Waals surface area contributed by atoms with E-state index >= 15 is 0 Å². The summed E-state index contributed by atoms with van der Waals surface area (Å²) in [5.41, 5.74) is 12.5. The molecule has 7 rings (SSSR count). The summed E-state index contributed by atoms with van der Waals surface area (Å²) in [5.74, 6) is 0. The van der Waals surface area contributed by atoms with Crippen molar-refractivity contribution in [2.75, 3.05) is 0 Å². The van der Waals surface area contributed by atoms with Gasteiger partial charge in [-0.25, -0.2) is 9.97 Å². The van der Waals surface area contributed by atoms with Gasteiger partial charge in [0.1, 0.15) is 0 Å². The number of rotatable bonds is 4. The molecule has 0 saturated carbocycles. The molecule has 0 aliphatic heterocycles. The van der Waals surface area contributed by atoms with E-state index in [1.54, 1.807) is 0 Å². The minimum absolute atomic E-state index is 0.945. The molecule has 0 aliphatic carbocycles. The molecule has 0 aliphatic rings. The third kappa shape index (κ3) is 4.42. The van der Waals surface area contributed by atoms with Gasteiger partial charge in [0.15, 0.2) is 0 Å². The van der Waals surface area contributed by atoms with Crippen LogP contribution >= 0.6 is 0 Å². The Kier molecular flexibility index (Phi) is 5.90. The first-order chi connectivity index (χ1) is 19.6. The van der Waals surface area contributed by atoms with Gasteiger partial charge in [-0.15, -0.1) is 0 Å². The SMILES string of the molecule is Cc1ccc2ccc3c(C)cc(-c4ccc(-c5cc(-c6ccccc6)cc(-c6ccccc6)n5)cc4)nc3c2n1. The highest BCUT2D eigenvalue weighted by Gasteiger charge is 2.12. The fraction of sp³-hybridized carbons (Fsp3) is 0.0541. The Balaban J connectivity index is 1.32. The molecular formula is C37H27N3. The Bertz CT molecular complexity index is 1940. The molecule has 4 aromatic carbocycles. The van der Waals surface area contributed by atoms with Crippen LogP contribution in [0, 0.1) is 13.8 Å². The number of benzene rings is 4. The predicted molar refractivity (Wildman–Crippen MR) is 166 cm³/mol. The van der Waals surface area contributed by atoms with Gasteiger partial charge in [0.05, 0.1) is 28.1 Å². The Morgan fingerprint density at radius 2 is 0.950 bits per heavy atom. The number of nitrogens with zero attached hydrogens (tertiary/aromatic N) is 3. The van der Waals surface area contributed by atoms with Crippen LogP contribution in [-0.4, -0.2) is 15.0 Å². The Hall–Kier alpha value is -5.15. The van der Waals surface area contributed by atoms with Crippen LogP contribution in [0.5, 0.6) is 0 Å². The zero-order valence-corrected chi connectivity index (χ0v) is 22.5. The van der Waals surface area contributed by atoms with Gasteiger partial charge in [0.25, 0.3) is 0 Å². The summed E-state index contributed by atoms with van der Waals surface area (Å²) in [4.78, 5) is 15.0. The number of fused-ring (bicyclic) bond motifs is 3. The topological polar surface area (TPSA) is 38.7 Å². The lowest BCUT2D eigenvalue weighted by atomic mass is 9.98. The summed E-state index contributed by atoms with van der Waals surface area (Å²) in [7, 11) is 0. The van der Waals surface area contributed by atoms with Crippen LogP contribution in [0.25, 0.3) is 66.7 Å². The van der Waals surface area contributed by atoms with E-state index in [1.807, 2.05) is 25.1 Å². The first-order valence-corrected chi connectivity index (χ1v) is 13.5. The van der Waals surface area contributed by atoms with Crippen molar-refractivity contribution in [3.8, 4) is 44.9 Å². The number of aromatic nitrogens is 3. The Labute approximate surface area is 233 Å². The summed E-state index contributed by atoms with van der Waals surface area (Å²) >= 11 is 0. The van der Waals surface area contributed by atoms with E-state index < -0.39 is 0 Å². The zero-order chi connectivity index (χ0) is 27.1. The summed E-state index contributed by atoms with van der Waals surface area (Å²) in [6, 6.07) is 44.4. The van der Waals surface area contributed by atoms with E-state index in [4.69, 9.17) is 15.0 Å². The van der Waals surface area contributed by atoms with Gasteiger partial charge in [-0.05, 0) is 54.8 Å². The first kappa shape index (κ1) is 23.9. The smallest absolute Gasteiger partial charge is 0.0974 e. The molecule has 0 unspecified atom stereocenters. The molecule has 0 N–H and O–H groups in total. The van der Waals surface area contributed by atoms with Gasteiger partial charge in [0, 0.05) is 33.2 Å². The van der Waals surface area contributed by atoms with E-state index in [2.05, 4.69) is 116 Å². The maximum Gasteiger partial charge on any atom is 0.0974 e. The van der Waals surface area contributed by atoms with Gasteiger partial charge in [0.2, 0.25) is 0 Å². The molecule has 190 valence electrons. The summed E-state index contributed by atoms with van der Waals surface area (Å²) < 4.78 is 0. The highest BCUT2D eigenvalue weighted by atomic mass is 14.8. The number of pyridine rings is 3. The second-order valence-corrected chi connectivity index (χ2v) is 10.2. The first-order valence-electron chi connectivity index (χ1n) is 13.5. The van der Waals surface area contributed by atoms with Gasteiger partial charge in [-0.1, -0.05) is 103 Å². The molecule has 3 heterocycles. The molecule has 0 spiro atoms. The summed E-state index contributed by atoms with van der Waals surface area (Å²) in [6.07, 6.45) is 0. The van der Waals surface area contributed by atoms with Crippen LogP contribution < -0.4 is 0 Å². The van der Waals surface area contributed by atoms with Crippen molar-refractivity contribution in [1.82, 2.24) is 15.0 Å². The maximum absolute atomic E-state index is 5.11. The number of aryl methyl sites for hydroxylation is 2. The van der Waals surface area contributed by atoms with Crippen LogP contribution in [0.1, 0.15) is 11.3 Å². The van der Waals surface area contributed by atoms with Crippen molar-refractivity contribution in [3.63, 3.8) is 0 Å². The minimum Gasteiger partial charge on any atom is -0.251 e. The molecule has 3 nitrogen and oxygen atoms in total. The van der Waals surface area contributed by atoms with E-state index in [-0.39, 0.29) is 0 Å². The molecule has 0 radical (unpaired) electrons. The predicted octanol–water partition coefficient (Wildman–Crippen LogP) is 9.46. The van der Waals surface area contributed by atoms with Crippen LogP contribution in [0.4, 0.5) is 0 Å². The normalized spacial score (nSPS) is 11.2. The standard InChI is InChI=1S/C37H27N3/c1-24-21-33(40-37-32(24)20-19-30-14-13-25(2)38-36(30)37)28-15-17-29(18-16-28)35-23-31(26-9-5-3-6-10-26)22-34(39-35)27-11-7-4-8-12-27/h3-23H,1-2H3. The lowest BCUT2D eigenvalue weighted by molar-refractivity contribution is 1.25. The third-order valence-corrected chi connectivity index (χ3v) is 7.46. The summed E-state index contributed by atoms with van der Waals surface area (Å²) in [6.45, 7) is 4.17. The number of hydrogen-bond acceptors (Lipinski definition) is 3. The average molecular weight is 514 g/mol. The summed E-state index contributed by atoms with van der Waals surface area (Å²) in [5, 5.41) is 2.25. The van der Waals surface area contributed by atoms with Crippen molar-refractivity contribution in [3.05, 3.63) is 139 Å². The Morgan fingerprint density at radius 3 is 1.60 bits per heavy atom. The lowest BCUT2D eigenvalue weighted by Crippen LogP contribution is -1.93. The van der Waals surface area contributed by atoms with Gasteiger partial charge < -0.3 is 0 Å². The quantitative estimate of drug-likeness (QED) is 0.220. The van der Waals surface area contributed by atoms with Gasteiger partial charge in [-0.2, -0.15) is 0 Å². The Morgan fingerprint density at radius 1 is 0.400 bits per heavy atom. The van der Waals surface area contributed by atoms with Crippen molar-refractivity contribution >= 4 is 21.8 Å². The second-order valence-electron chi connectivity index (χ2n) is 10.2. The van der Waals surface area contributed by atoms with E-state index in [9.17, 15) is 0 Å². The average Bonchev–Trinajstić information content (AvgIpc) is 3.01. The van der Waals surface area contributed by atoms with Crippen molar-refractivity contribution in [2.24, 2.45) is 0 Å². The molecule has 0 amide bonds. The number of hydrogen-bond donors (Lipinski definition) is 0. The molecular weight excluding hydrogens is 486 g/mol. The molecule has 0 fully saturated rings. The molecule has 0 saturated heterocycles. The molecule has 40 heavy (non-hydrogen) atoms. The van der Waals surface area contributed by atoms with Crippen LogP contribution in [0.3, 0.4) is 0 Å². The zero-order valence-electron chi connectivity index (χ0n) is 22.5. The van der Waals surface area contributed by atoms with Gasteiger partial charge >= 0.3 is 0 Å². The van der Waals surface area contributed by atoms with Crippen molar-refractivity contribution < 1.29 is 0 Å². The van der Waals surface area contributed by atoms with Crippen LogP contribution in [0.15, 0.2) is 127 Å². The van der Waals surface area contributed by atoms with Gasteiger partial charge in [-0.3, -0.25) is 4.98 Å². The van der Waals surface area contributed by atoms with E-state index in [1.165, 1.54) is 11.1 Å². The molecule has 0 atom stereocenters. The fourth-order valence-corrected chi connectivity index (χ4v) is 5.33. The third-order valence-electron chi connectivity index (χ3n) is 7.46. The molecule has 0 bridgehead atoms. The largest absolute Gasteiger partial charge is 0.251 e. The fourth-order valence-electron chi connectivity index (χ4n) is 5.33.